The summed E-state index contributed by atoms with van der Waals surface area (Å²) in [4.78, 5) is 14.7. The molecule has 1 fully saturated rings. The molecule has 0 unspecified atom stereocenters. The van der Waals surface area contributed by atoms with Gasteiger partial charge in [0, 0.05) is 24.7 Å². The molecule has 2 heterocycles. The molecule has 1 aliphatic rings. The van der Waals surface area contributed by atoms with Crippen molar-refractivity contribution in [2.75, 3.05) is 18.4 Å². The van der Waals surface area contributed by atoms with E-state index in [0.29, 0.717) is 11.6 Å². The van der Waals surface area contributed by atoms with Crippen LogP contribution >= 0.6 is 11.3 Å². The minimum atomic E-state index is -0.395. The average molecular weight is 278 g/mol. The van der Waals surface area contributed by atoms with Crippen molar-refractivity contribution in [1.82, 2.24) is 10.3 Å². The standard InChI is InChI=1S/C12H14N4O2S/c17-16(18)9-3-4-11-10(6-9)15-12(19-11)14-7-8-2-1-5-13-8/h3-4,6,8,13H,1-2,5,7H2,(H,14,15)/t8-/m0/s1. The van der Waals surface area contributed by atoms with Gasteiger partial charge in [-0.15, -0.1) is 0 Å². The highest BCUT2D eigenvalue weighted by atomic mass is 32.1. The third-order valence-electron chi connectivity index (χ3n) is 3.24. The van der Waals surface area contributed by atoms with Gasteiger partial charge in [-0.05, 0) is 25.5 Å². The number of aromatic nitrogens is 1. The number of thiazole rings is 1. The molecule has 0 radical (unpaired) electrons. The molecule has 1 aromatic carbocycles. The molecule has 1 atom stereocenters. The van der Waals surface area contributed by atoms with Gasteiger partial charge in [-0.25, -0.2) is 4.98 Å². The van der Waals surface area contributed by atoms with Gasteiger partial charge in [0.15, 0.2) is 5.13 Å². The molecule has 2 N–H and O–H groups in total. The second-order valence-corrected chi connectivity index (χ2v) is 5.63. The summed E-state index contributed by atoms with van der Waals surface area (Å²) < 4.78 is 0.965. The minimum absolute atomic E-state index is 0.0850. The van der Waals surface area contributed by atoms with E-state index in [1.807, 2.05) is 0 Å². The van der Waals surface area contributed by atoms with Crippen LogP contribution in [0.4, 0.5) is 10.8 Å². The molecule has 1 saturated heterocycles. The molecular formula is C12H14N4O2S. The van der Waals surface area contributed by atoms with E-state index in [9.17, 15) is 10.1 Å². The second kappa shape index (κ2) is 5.10. The number of nitrogens with zero attached hydrogens (tertiary/aromatic N) is 2. The van der Waals surface area contributed by atoms with Crippen molar-refractivity contribution in [3.8, 4) is 0 Å². The number of nitro benzene ring substituents is 1. The van der Waals surface area contributed by atoms with Crippen molar-refractivity contribution in [3.63, 3.8) is 0 Å². The van der Waals surface area contributed by atoms with E-state index in [4.69, 9.17) is 0 Å². The van der Waals surface area contributed by atoms with E-state index in [2.05, 4.69) is 15.6 Å². The maximum Gasteiger partial charge on any atom is 0.271 e. The number of non-ortho nitro benzene ring substituents is 1. The van der Waals surface area contributed by atoms with Crippen molar-refractivity contribution >= 4 is 32.4 Å². The maximum absolute atomic E-state index is 10.7. The largest absolute Gasteiger partial charge is 0.360 e. The van der Waals surface area contributed by atoms with Gasteiger partial charge in [0.1, 0.15) is 0 Å². The Morgan fingerprint density at radius 1 is 1.58 bits per heavy atom. The first-order chi connectivity index (χ1) is 9.22. The van der Waals surface area contributed by atoms with Gasteiger partial charge in [-0.3, -0.25) is 10.1 Å². The lowest BCUT2D eigenvalue weighted by molar-refractivity contribution is -0.384. The fourth-order valence-corrected chi connectivity index (χ4v) is 3.10. The zero-order valence-electron chi connectivity index (χ0n) is 10.3. The quantitative estimate of drug-likeness (QED) is 0.663. The van der Waals surface area contributed by atoms with Crippen LogP contribution in [0.1, 0.15) is 12.8 Å². The molecule has 7 heteroatoms. The molecule has 1 aromatic heterocycles. The molecule has 0 spiro atoms. The number of nitro groups is 1. The summed E-state index contributed by atoms with van der Waals surface area (Å²) in [6, 6.07) is 5.29. The van der Waals surface area contributed by atoms with E-state index in [0.717, 1.165) is 22.9 Å². The molecule has 0 saturated carbocycles. The summed E-state index contributed by atoms with van der Waals surface area (Å²) in [5.41, 5.74) is 0.767. The van der Waals surface area contributed by atoms with Crippen LogP contribution < -0.4 is 10.6 Å². The SMILES string of the molecule is O=[N+]([O-])c1ccc2sc(NC[C@@H]3CCCN3)nc2c1. The number of rotatable bonds is 4. The highest BCUT2D eigenvalue weighted by Gasteiger charge is 2.15. The molecule has 0 amide bonds. The third-order valence-corrected chi connectivity index (χ3v) is 4.24. The van der Waals surface area contributed by atoms with Crippen LogP contribution in [0.2, 0.25) is 0 Å². The molecule has 1 aliphatic heterocycles. The Hall–Kier alpha value is -1.73. The molecule has 0 bridgehead atoms. The topological polar surface area (TPSA) is 80.1 Å². The van der Waals surface area contributed by atoms with Crippen LogP contribution in [0.5, 0.6) is 0 Å². The van der Waals surface area contributed by atoms with E-state index in [-0.39, 0.29) is 5.69 Å². The molecule has 2 aromatic rings. The van der Waals surface area contributed by atoms with E-state index in [1.165, 1.54) is 36.3 Å². The summed E-state index contributed by atoms with van der Waals surface area (Å²) in [6.45, 7) is 1.93. The highest BCUT2D eigenvalue weighted by molar-refractivity contribution is 7.22. The van der Waals surface area contributed by atoms with Crippen LogP contribution in [-0.4, -0.2) is 29.0 Å². The van der Waals surface area contributed by atoms with Crippen molar-refractivity contribution in [3.05, 3.63) is 28.3 Å². The average Bonchev–Trinajstić information content (AvgIpc) is 3.04. The fourth-order valence-electron chi connectivity index (χ4n) is 2.25. The molecule has 6 nitrogen and oxygen atoms in total. The van der Waals surface area contributed by atoms with Crippen LogP contribution in [0.3, 0.4) is 0 Å². The number of anilines is 1. The van der Waals surface area contributed by atoms with Crippen molar-refractivity contribution in [2.45, 2.75) is 18.9 Å². The van der Waals surface area contributed by atoms with E-state index in [1.54, 1.807) is 6.07 Å². The van der Waals surface area contributed by atoms with Crippen molar-refractivity contribution < 1.29 is 4.92 Å². The first-order valence-corrected chi connectivity index (χ1v) is 7.06. The van der Waals surface area contributed by atoms with Gasteiger partial charge < -0.3 is 10.6 Å². The van der Waals surface area contributed by atoms with Gasteiger partial charge in [0.25, 0.3) is 5.69 Å². The Kier molecular flexibility index (Phi) is 3.31. The molecule has 0 aliphatic carbocycles. The summed E-state index contributed by atoms with van der Waals surface area (Å²) in [5, 5.41) is 18.2. The Morgan fingerprint density at radius 2 is 2.47 bits per heavy atom. The lowest BCUT2D eigenvalue weighted by atomic mass is 10.2. The van der Waals surface area contributed by atoms with Crippen LogP contribution in [0.15, 0.2) is 18.2 Å². The number of hydrogen-bond acceptors (Lipinski definition) is 6. The first-order valence-electron chi connectivity index (χ1n) is 6.24. The second-order valence-electron chi connectivity index (χ2n) is 4.60. The van der Waals surface area contributed by atoms with Gasteiger partial charge in [0.05, 0.1) is 15.1 Å². The predicted molar refractivity (Wildman–Crippen MR) is 75.8 cm³/mol. The minimum Gasteiger partial charge on any atom is -0.360 e. The monoisotopic (exact) mass is 278 g/mol. The summed E-state index contributed by atoms with van der Waals surface area (Å²) in [7, 11) is 0. The fraction of sp³-hybridized carbons (Fsp3) is 0.417. The molecule has 19 heavy (non-hydrogen) atoms. The predicted octanol–water partition coefficient (Wildman–Crippen LogP) is 2.37. The molecule has 3 rings (SSSR count). The number of hydrogen-bond donors (Lipinski definition) is 2. The highest BCUT2D eigenvalue weighted by Crippen LogP contribution is 2.28. The van der Waals surface area contributed by atoms with E-state index < -0.39 is 4.92 Å². The normalized spacial score (nSPS) is 18.8. The van der Waals surface area contributed by atoms with Crippen LogP contribution in [-0.2, 0) is 0 Å². The van der Waals surface area contributed by atoms with Crippen molar-refractivity contribution in [2.24, 2.45) is 0 Å². The summed E-state index contributed by atoms with van der Waals surface area (Å²) in [6.07, 6.45) is 2.40. The molecule has 100 valence electrons. The van der Waals surface area contributed by atoms with Crippen molar-refractivity contribution in [1.29, 1.82) is 0 Å². The van der Waals surface area contributed by atoms with Gasteiger partial charge in [-0.1, -0.05) is 11.3 Å². The zero-order valence-corrected chi connectivity index (χ0v) is 11.1. The Labute approximate surface area is 114 Å². The lowest BCUT2D eigenvalue weighted by Crippen LogP contribution is -2.29. The van der Waals surface area contributed by atoms with Gasteiger partial charge in [-0.2, -0.15) is 0 Å². The Balaban J connectivity index is 1.75. The third kappa shape index (κ3) is 2.66. The summed E-state index contributed by atoms with van der Waals surface area (Å²) in [5.74, 6) is 0. The smallest absolute Gasteiger partial charge is 0.271 e. The van der Waals surface area contributed by atoms with Crippen LogP contribution in [0.25, 0.3) is 10.2 Å². The van der Waals surface area contributed by atoms with Gasteiger partial charge >= 0.3 is 0 Å². The van der Waals surface area contributed by atoms with Crippen LogP contribution in [0, 0.1) is 10.1 Å². The Bertz CT molecular complexity index is 607. The van der Waals surface area contributed by atoms with E-state index >= 15 is 0 Å². The Morgan fingerprint density at radius 3 is 3.21 bits per heavy atom. The molecular weight excluding hydrogens is 264 g/mol. The number of benzene rings is 1. The lowest BCUT2D eigenvalue weighted by Gasteiger charge is -2.09. The zero-order chi connectivity index (χ0) is 13.2. The summed E-state index contributed by atoms with van der Waals surface area (Å²) >= 11 is 1.53. The number of nitrogens with one attached hydrogen (secondary N) is 2. The number of fused-ring (bicyclic) bond motifs is 1. The first kappa shape index (κ1) is 12.3. The van der Waals surface area contributed by atoms with Gasteiger partial charge in [0.2, 0.25) is 0 Å². The maximum atomic E-state index is 10.7.